The van der Waals surface area contributed by atoms with Crippen LogP contribution in [0.1, 0.15) is 60.3 Å². The molecule has 1 atom stereocenters. The van der Waals surface area contributed by atoms with Crippen molar-refractivity contribution in [2.45, 2.75) is 60.3 Å². The van der Waals surface area contributed by atoms with Gasteiger partial charge in [-0.25, -0.2) is 4.79 Å². The van der Waals surface area contributed by atoms with Gasteiger partial charge in [0.1, 0.15) is 0 Å². The maximum atomic E-state index is 12.0. The van der Waals surface area contributed by atoms with E-state index in [0.717, 1.165) is 24.0 Å². The lowest BCUT2D eigenvalue weighted by Crippen LogP contribution is -2.38. The summed E-state index contributed by atoms with van der Waals surface area (Å²) in [7, 11) is 0. The second-order valence-corrected chi connectivity index (χ2v) is 6.93. The molecule has 0 aromatic carbocycles. The lowest BCUT2D eigenvalue weighted by Gasteiger charge is -2.39. The van der Waals surface area contributed by atoms with Crippen LogP contribution in [0.2, 0.25) is 0 Å². The van der Waals surface area contributed by atoms with Gasteiger partial charge < -0.3 is 10.2 Å². The fourth-order valence-corrected chi connectivity index (χ4v) is 3.06. The van der Waals surface area contributed by atoms with Crippen LogP contribution in [0.3, 0.4) is 0 Å². The fraction of sp³-hybridized carbons (Fsp3) is 0.647. The van der Waals surface area contributed by atoms with Crippen LogP contribution in [0.15, 0.2) is 22.8 Å². The highest BCUT2D eigenvalue weighted by atomic mass is 16.4. The maximum absolute atomic E-state index is 12.0. The van der Waals surface area contributed by atoms with Crippen LogP contribution in [0.4, 0.5) is 0 Å². The van der Waals surface area contributed by atoms with Crippen LogP contribution in [0.5, 0.6) is 0 Å². The van der Waals surface area contributed by atoms with E-state index in [4.69, 9.17) is 0 Å². The average molecular weight is 294 g/mol. The van der Waals surface area contributed by atoms with Crippen molar-refractivity contribution in [2.75, 3.05) is 0 Å². The number of carboxylic acid groups (broad SMARTS) is 2. The zero-order valence-electron chi connectivity index (χ0n) is 13.6. The largest absolute Gasteiger partial charge is 0.481 e. The second kappa shape index (κ2) is 6.04. The van der Waals surface area contributed by atoms with E-state index in [0.29, 0.717) is 6.42 Å². The number of unbranched alkanes of at least 4 members (excludes halogenated alkanes) is 1. The van der Waals surface area contributed by atoms with Crippen molar-refractivity contribution in [3.63, 3.8) is 0 Å². The Kier molecular flexibility index (Phi) is 5.03. The van der Waals surface area contributed by atoms with Crippen molar-refractivity contribution in [3.05, 3.63) is 22.8 Å². The first-order chi connectivity index (χ1) is 9.56. The quantitative estimate of drug-likeness (QED) is 0.803. The van der Waals surface area contributed by atoms with E-state index in [9.17, 15) is 19.8 Å². The van der Waals surface area contributed by atoms with Crippen LogP contribution in [-0.2, 0) is 9.59 Å². The summed E-state index contributed by atoms with van der Waals surface area (Å²) in [6, 6.07) is 0. The number of aliphatic carboxylic acids is 2. The molecule has 1 aliphatic carbocycles. The lowest BCUT2D eigenvalue weighted by molar-refractivity contribution is -0.147. The molecule has 0 aromatic heterocycles. The molecule has 0 saturated carbocycles. The van der Waals surface area contributed by atoms with E-state index in [1.165, 1.54) is 0 Å². The molecule has 4 heteroatoms. The molecule has 0 aliphatic heterocycles. The summed E-state index contributed by atoms with van der Waals surface area (Å²) < 4.78 is 0. The van der Waals surface area contributed by atoms with Crippen LogP contribution < -0.4 is 0 Å². The molecule has 0 bridgehead atoms. The summed E-state index contributed by atoms with van der Waals surface area (Å²) in [5.41, 5.74) is 0.480. The van der Waals surface area contributed by atoms with Gasteiger partial charge in [0.05, 0.1) is 5.41 Å². The Labute approximate surface area is 126 Å². The Balaban J connectivity index is 3.51. The van der Waals surface area contributed by atoms with E-state index in [2.05, 4.69) is 0 Å². The summed E-state index contributed by atoms with van der Waals surface area (Å²) >= 11 is 0. The summed E-state index contributed by atoms with van der Waals surface area (Å²) in [5, 5.41) is 19.2. The third kappa shape index (κ3) is 3.36. The lowest BCUT2D eigenvalue weighted by atomic mass is 9.64. The third-order valence-corrected chi connectivity index (χ3v) is 4.38. The second-order valence-electron chi connectivity index (χ2n) is 6.93. The summed E-state index contributed by atoms with van der Waals surface area (Å²) in [5.74, 6) is -1.94. The molecule has 0 radical (unpaired) electrons. The highest BCUT2D eigenvalue weighted by molar-refractivity contribution is 5.91. The van der Waals surface area contributed by atoms with Gasteiger partial charge in [-0.3, -0.25) is 4.79 Å². The molecule has 0 aromatic rings. The van der Waals surface area contributed by atoms with E-state index >= 15 is 0 Å². The summed E-state index contributed by atoms with van der Waals surface area (Å²) in [6.07, 6.45) is 3.88. The van der Waals surface area contributed by atoms with Gasteiger partial charge in [-0.2, -0.15) is 0 Å². The number of hydrogen-bond acceptors (Lipinski definition) is 2. The predicted octanol–water partition coefficient (Wildman–Crippen LogP) is 4.02. The number of hydrogen-bond donors (Lipinski definition) is 2. The van der Waals surface area contributed by atoms with Crippen LogP contribution in [-0.4, -0.2) is 22.2 Å². The highest BCUT2D eigenvalue weighted by Gasteiger charge is 2.46. The fourth-order valence-electron chi connectivity index (χ4n) is 3.06. The number of carbonyl (C=O) groups is 2. The van der Waals surface area contributed by atoms with Crippen molar-refractivity contribution in [1.29, 1.82) is 0 Å². The van der Waals surface area contributed by atoms with Gasteiger partial charge in [-0.15, -0.1) is 0 Å². The molecule has 21 heavy (non-hydrogen) atoms. The van der Waals surface area contributed by atoms with Gasteiger partial charge in [0.2, 0.25) is 0 Å². The molecule has 4 nitrogen and oxygen atoms in total. The Hall–Kier alpha value is -1.58. The van der Waals surface area contributed by atoms with Crippen molar-refractivity contribution in [1.82, 2.24) is 0 Å². The number of rotatable bonds is 5. The molecule has 0 saturated heterocycles. The minimum atomic E-state index is -1.08. The number of allylic oxidation sites excluding steroid dienone is 2. The van der Waals surface area contributed by atoms with Gasteiger partial charge >= 0.3 is 11.9 Å². The first kappa shape index (κ1) is 17.5. The summed E-state index contributed by atoms with van der Waals surface area (Å²) in [6.45, 7) is 9.81. The zero-order chi connectivity index (χ0) is 16.4. The first-order valence-electron chi connectivity index (χ1n) is 7.45. The molecular formula is C17H26O4. The monoisotopic (exact) mass is 294 g/mol. The van der Waals surface area contributed by atoms with Crippen molar-refractivity contribution in [2.24, 2.45) is 10.8 Å². The maximum Gasteiger partial charge on any atom is 0.331 e. The smallest absolute Gasteiger partial charge is 0.331 e. The zero-order valence-corrected chi connectivity index (χ0v) is 13.6. The Morgan fingerprint density at radius 1 is 1.29 bits per heavy atom. The van der Waals surface area contributed by atoms with Gasteiger partial charge in [-0.05, 0) is 36.8 Å². The Bertz CT molecular complexity index is 505. The predicted molar refractivity (Wildman–Crippen MR) is 82.1 cm³/mol. The first-order valence-corrected chi connectivity index (χ1v) is 7.45. The molecule has 1 rings (SSSR count). The SMILES string of the molecule is CCCCC1(C(=O)O)CC(C(=O)O)=CC(C(C)(C)C)=C1C. The van der Waals surface area contributed by atoms with E-state index in [1.54, 1.807) is 6.08 Å². The van der Waals surface area contributed by atoms with Gasteiger partial charge in [0.25, 0.3) is 0 Å². The van der Waals surface area contributed by atoms with E-state index in [1.807, 2.05) is 34.6 Å². The Morgan fingerprint density at radius 3 is 2.24 bits per heavy atom. The van der Waals surface area contributed by atoms with Crippen molar-refractivity contribution >= 4 is 11.9 Å². The average Bonchev–Trinajstić information content (AvgIpc) is 2.35. The molecular weight excluding hydrogens is 268 g/mol. The molecule has 0 amide bonds. The van der Waals surface area contributed by atoms with Crippen molar-refractivity contribution in [3.8, 4) is 0 Å². The highest BCUT2D eigenvalue weighted by Crippen LogP contribution is 2.48. The van der Waals surface area contributed by atoms with Crippen LogP contribution in [0, 0.1) is 10.8 Å². The van der Waals surface area contributed by atoms with Crippen molar-refractivity contribution < 1.29 is 19.8 Å². The Morgan fingerprint density at radius 2 is 1.86 bits per heavy atom. The molecule has 2 N–H and O–H groups in total. The van der Waals surface area contributed by atoms with Gasteiger partial charge in [0, 0.05) is 5.57 Å². The standard InChI is InChI=1S/C17H26O4/c1-6-7-8-17(15(20)21)10-12(14(18)19)9-13(11(17)2)16(3,4)5/h9H,6-8,10H2,1-5H3,(H,18,19)(H,20,21). The minimum Gasteiger partial charge on any atom is -0.481 e. The minimum absolute atomic E-state index is 0.0725. The number of carboxylic acids is 2. The summed E-state index contributed by atoms with van der Waals surface area (Å²) in [4.78, 5) is 23.4. The topological polar surface area (TPSA) is 74.6 Å². The molecule has 118 valence electrons. The molecule has 1 unspecified atom stereocenters. The molecule has 0 fully saturated rings. The van der Waals surface area contributed by atoms with E-state index in [-0.39, 0.29) is 17.4 Å². The van der Waals surface area contributed by atoms with Gasteiger partial charge in [-0.1, -0.05) is 46.1 Å². The molecule has 0 spiro atoms. The normalized spacial score (nSPS) is 23.0. The third-order valence-electron chi connectivity index (χ3n) is 4.38. The van der Waals surface area contributed by atoms with Crippen LogP contribution in [0.25, 0.3) is 0 Å². The van der Waals surface area contributed by atoms with Crippen LogP contribution >= 0.6 is 0 Å². The molecule has 0 heterocycles. The molecule has 1 aliphatic rings. The van der Waals surface area contributed by atoms with E-state index < -0.39 is 17.4 Å². The van der Waals surface area contributed by atoms with Gasteiger partial charge in [0.15, 0.2) is 0 Å².